The predicted molar refractivity (Wildman–Crippen MR) is 114 cm³/mol. The zero-order valence-corrected chi connectivity index (χ0v) is 18.7. The highest BCUT2D eigenvalue weighted by Gasteiger charge is 2.25. The largest absolute Gasteiger partial charge is 0.303 e. The summed E-state index contributed by atoms with van der Waals surface area (Å²) < 4.78 is 65.3. The molecule has 0 radical (unpaired) electrons. The number of nitrogens with zero attached hydrogens (tertiary/aromatic N) is 1. The van der Waals surface area contributed by atoms with Gasteiger partial charge >= 0.3 is 0 Å². The number of benzene rings is 2. The minimum absolute atomic E-state index is 0.0121. The van der Waals surface area contributed by atoms with Crippen molar-refractivity contribution in [2.24, 2.45) is 0 Å². The van der Waals surface area contributed by atoms with Gasteiger partial charge in [0.25, 0.3) is 0 Å². The van der Waals surface area contributed by atoms with Crippen molar-refractivity contribution in [1.29, 1.82) is 0 Å². The Balaban J connectivity index is 1.44. The molecular weight excluding hydrogens is 451 g/mol. The first kappa shape index (κ1) is 23.1. The fraction of sp³-hybridized carbons (Fsp3) is 0.400. The normalized spacial score (nSPS) is 16.6. The molecule has 1 heterocycles. The molecule has 2 aromatic rings. The topological polar surface area (TPSA) is 83.6 Å². The van der Waals surface area contributed by atoms with Gasteiger partial charge in [0.2, 0.25) is 10.0 Å². The maximum atomic E-state index is 13.0. The summed E-state index contributed by atoms with van der Waals surface area (Å²) in [7, 11) is -7.04. The summed E-state index contributed by atoms with van der Waals surface area (Å²) in [6.45, 7) is 1.98. The molecule has 164 valence electrons. The second-order valence-corrected chi connectivity index (χ2v) is 11.6. The van der Waals surface area contributed by atoms with Gasteiger partial charge in [-0.1, -0.05) is 11.6 Å². The first-order valence-corrected chi connectivity index (χ1v) is 13.2. The Bertz CT molecular complexity index is 1050. The fourth-order valence-electron chi connectivity index (χ4n) is 3.41. The van der Waals surface area contributed by atoms with E-state index in [4.69, 9.17) is 11.6 Å². The lowest BCUT2D eigenvalue weighted by molar-refractivity contribution is 0.208. The van der Waals surface area contributed by atoms with Crippen LogP contribution in [0, 0.1) is 5.82 Å². The van der Waals surface area contributed by atoms with Crippen molar-refractivity contribution in [2.45, 2.75) is 35.1 Å². The van der Waals surface area contributed by atoms with Crippen LogP contribution in [0.4, 0.5) is 4.39 Å². The molecule has 0 unspecified atom stereocenters. The van der Waals surface area contributed by atoms with Crippen LogP contribution in [0.15, 0.2) is 58.3 Å². The average Bonchev–Trinajstić information content (AvgIpc) is 2.70. The van der Waals surface area contributed by atoms with Crippen molar-refractivity contribution in [3.05, 3.63) is 59.4 Å². The molecule has 0 atom stereocenters. The summed E-state index contributed by atoms with van der Waals surface area (Å²) in [6, 6.07) is 10.7. The number of piperidine rings is 1. The molecule has 6 nitrogen and oxygen atoms in total. The zero-order valence-electron chi connectivity index (χ0n) is 16.3. The maximum Gasteiger partial charge on any atom is 0.240 e. The molecule has 1 aliphatic rings. The van der Waals surface area contributed by atoms with E-state index in [1.165, 1.54) is 24.3 Å². The van der Waals surface area contributed by atoms with E-state index in [0.29, 0.717) is 43.9 Å². The van der Waals surface area contributed by atoms with Gasteiger partial charge in [0.05, 0.1) is 15.5 Å². The van der Waals surface area contributed by atoms with E-state index < -0.39 is 25.7 Å². The molecule has 0 aromatic heterocycles. The number of hydrogen-bond donors (Lipinski definition) is 1. The number of sulfonamides is 1. The first-order chi connectivity index (χ1) is 14.2. The van der Waals surface area contributed by atoms with Gasteiger partial charge in [-0.15, -0.1) is 0 Å². The first-order valence-electron chi connectivity index (χ1n) is 9.64. The van der Waals surface area contributed by atoms with Crippen LogP contribution in [0.3, 0.4) is 0 Å². The highest BCUT2D eigenvalue weighted by Crippen LogP contribution is 2.18. The van der Waals surface area contributed by atoms with E-state index in [2.05, 4.69) is 9.62 Å². The molecular formula is C20H24ClFN2O4S2. The minimum atomic E-state index is -3.60. The molecule has 1 fully saturated rings. The molecule has 0 aliphatic carbocycles. The number of hydrogen-bond acceptors (Lipinski definition) is 5. The van der Waals surface area contributed by atoms with E-state index in [1.807, 2.05) is 0 Å². The van der Waals surface area contributed by atoms with Crippen LogP contribution in [-0.4, -0.2) is 53.2 Å². The third-order valence-electron chi connectivity index (χ3n) is 5.09. The van der Waals surface area contributed by atoms with E-state index in [-0.39, 0.29) is 21.6 Å². The van der Waals surface area contributed by atoms with E-state index in [0.717, 1.165) is 12.1 Å². The SMILES string of the molecule is O=S(=O)(CCCN1CCC(NS(=O)(=O)c2ccc(Cl)cc2)CC1)c1ccc(F)cc1. The van der Waals surface area contributed by atoms with Gasteiger partial charge in [0, 0.05) is 11.1 Å². The molecule has 10 heteroatoms. The van der Waals surface area contributed by atoms with Crippen LogP contribution in [-0.2, 0) is 19.9 Å². The van der Waals surface area contributed by atoms with Crippen molar-refractivity contribution in [1.82, 2.24) is 9.62 Å². The summed E-state index contributed by atoms with van der Waals surface area (Å²) in [6.07, 6.45) is 1.76. The zero-order chi connectivity index (χ0) is 21.8. The van der Waals surface area contributed by atoms with Gasteiger partial charge in [-0.3, -0.25) is 0 Å². The third kappa shape index (κ3) is 6.24. The smallest absolute Gasteiger partial charge is 0.240 e. The summed E-state index contributed by atoms with van der Waals surface area (Å²) in [5.41, 5.74) is 0. The Morgan fingerprint density at radius 2 is 1.50 bits per heavy atom. The Hall–Kier alpha value is -1.52. The minimum Gasteiger partial charge on any atom is -0.303 e. The lowest BCUT2D eigenvalue weighted by atomic mass is 10.1. The molecule has 0 spiro atoms. The van der Waals surface area contributed by atoms with Crippen LogP contribution in [0.2, 0.25) is 5.02 Å². The number of rotatable bonds is 8. The summed E-state index contributed by atoms with van der Waals surface area (Å²) in [5, 5.41) is 0.476. The predicted octanol–water partition coefficient (Wildman–Crippen LogP) is 3.09. The highest BCUT2D eigenvalue weighted by molar-refractivity contribution is 7.91. The van der Waals surface area contributed by atoms with Gasteiger partial charge in [0.1, 0.15) is 5.82 Å². The van der Waals surface area contributed by atoms with Gasteiger partial charge < -0.3 is 4.90 Å². The van der Waals surface area contributed by atoms with Gasteiger partial charge in [-0.2, -0.15) is 0 Å². The van der Waals surface area contributed by atoms with E-state index in [9.17, 15) is 21.2 Å². The summed E-state index contributed by atoms with van der Waals surface area (Å²) >= 11 is 5.81. The summed E-state index contributed by atoms with van der Waals surface area (Å²) in [4.78, 5) is 2.44. The van der Waals surface area contributed by atoms with Crippen molar-refractivity contribution < 1.29 is 21.2 Å². The molecule has 1 saturated heterocycles. The fourth-order valence-corrected chi connectivity index (χ4v) is 6.14. The van der Waals surface area contributed by atoms with Crippen LogP contribution < -0.4 is 4.72 Å². The monoisotopic (exact) mass is 474 g/mol. The number of halogens is 2. The van der Waals surface area contributed by atoms with Crippen LogP contribution in [0.1, 0.15) is 19.3 Å². The average molecular weight is 475 g/mol. The molecule has 1 N–H and O–H groups in total. The van der Waals surface area contributed by atoms with Gasteiger partial charge in [0.15, 0.2) is 9.84 Å². The van der Waals surface area contributed by atoms with Crippen LogP contribution in [0.25, 0.3) is 0 Å². The molecule has 3 rings (SSSR count). The molecule has 0 amide bonds. The maximum absolute atomic E-state index is 13.0. The second-order valence-electron chi connectivity index (χ2n) is 7.32. The Morgan fingerprint density at radius 1 is 0.933 bits per heavy atom. The summed E-state index contributed by atoms with van der Waals surface area (Å²) in [5.74, 6) is -0.481. The van der Waals surface area contributed by atoms with Crippen molar-refractivity contribution in [3.63, 3.8) is 0 Å². The molecule has 0 saturated carbocycles. The number of sulfone groups is 1. The third-order valence-corrected chi connectivity index (χ3v) is 8.70. The van der Waals surface area contributed by atoms with Crippen LogP contribution in [0.5, 0.6) is 0 Å². The Labute approximate surface area is 182 Å². The van der Waals surface area contributed by atoms with Gasteiger partial charge in [-0.05, 0) is 87.4 Å². The molecule has 2 aromatic carbocycles. The van der Waals surface area contributed by atoms with Gasteiger partial charge in [-0.25, -0.2) is 25.9 Å². The second kappa shape index (κ2) is 9.74. The standard InChI is InChI=1S/C20H24ClFN2O4S2/c21-16-2-6-20(7-3-16)30(27,28)23-18-10-13-24(14-11-18)12-1-15-29(25,26)19-8-4-17(22)5-9-19/h2-9,18,23H,1,10-15H2. The number of nitrogens with one attached hydrogen (secondary N) is 1. The number of likely N-dealkylation sites (tertiary alicyclic amines) is 1. The van der Waals surface area contributed by atoms with Crippen molar-refractivity contribution in [3.8, 4) is 0 Å². The molecule has 1 aliphatic heterocycles. The quantitative estimate of drug-likeness (QED) is 0.594. The highest BCUT2D eigenvalue weighted by atomic mass is 35.5. The lowest BCUT2D eigenvalue weighted by Crippen LogP contribution is -2.44. The Morgan fingerprint density at radius 3 is 2.10 bits per heavy atom. The lowest BCUT2D eigenvalue weighted by Gasteiger charge is -2.32. The molecule has 30 heavy (non-hydrogen) atoms. The van der Waals surface area contributed by atoms with Crippen LogP contribution >= 0.6 is 11.6 Å². The van der Waals surface area contributed by atoms with Crippen molar-refractivity contribution in [2.75, 3.05) is 25.4 Å². The van der Waals surface area contributed by atoms with E-state index in [1.54, 1.807) is 12.1 Å². The van der Waals surface area contributed by atoms with Crippen molar-refractivity contribution >= 4 is 31.5 Å². The van der Waals surface area contributed by atoms with E-state index >= 15 is 0 Å². The molecule has 0 bridgehead atoms. The Kier molecular flexibility index (Phi) is 7.52.